The van der Waals surface area contributed by atoms with E-state index in [1.165, 1.54) is 149 Å². The number of rotatable bonds is 6. The summed E-state index contributed by atoms with van der Waals surface area (Å²) < 4.78 is 2.39. The minimum atomic E-state index is 1.18. The summed E-state index contributed by atoms with van der Waals surface area (Å²) in [5, 5.41) is 7.99. The van der Waals surface area contributed by atoms with Crippen molar-refractivity contribution in [2.75, 3.05) is 0 Å². The molecule has 0 radical (unpaired) electrons. The molecule has 0 spiro atoms. The Morgan fingerprint density at radius 3 is 1.02 bits per heavy atom. The number of aryl methyl sites for hydroxylation is 4. The quantitative estimate of drug-likeness (QED) is 0.147. The van der Waals surface area contributed by atoms with Gasteiger partial charge in [0.25, 0.3) is 0 Å². The highest BCUT2D eigenvalue weighted by molar-refractivity contribution is 6.25. The Balaban J connectivity index is 1.09. The maximum Gasteiger partial charge on any atom is 0.0541 e. The largest absolute Gasteiger partial charge is 0.309 e. The summed E-state index contributed by atoms with van der Waals surface area (Å²) in [5.74, 6) is 0. The van der Waals surface area contributed by atoms with E-state index >= 15 is 0 Å². The van der Waals surface area contributed by atoms with Crippen LogP contribution < -0.4 is 0 Å². The van der Waals surface area contributed by atoms with Crippen molar-refractivity contribution in [1.29, 1.82) is 0 Å². The monoisotopic (exact) mass is 835 g/mol. The molecule has 65 heavy (non-hydrogen) atoms. The predicted octanol–water partition coefficient (Wildman–Crippen LogP) is 17.9. The second kappa shape index (κ2) is 15.6. The first-order chi connectivity index (χ1) is 31.6. The van der Waals surface area contributed by atoms with Crippen molar-refractivity contribution >= 4 is 43.4 Å². The maximum atomic E-state index is 2.39. The fraction of sp³-hybridized carbons (Fsp3) is 0.125. The van der Waals surface area contributed by atoms with Gasteiger partial charge in [0.2, 0.25) is 0 Å². The zero-order valence-corrected chi connectivity index (χ0v) is 38.7. The Morgan fingerprint density at radius 2 is 0.569 bits per heavy atom. The minimum Gasteiger partial charge on any atom is -0.309 e. The lowest BCUT2D eigenvalue weighted by molar-refractivity contribution is 1.18. The summed E-state index contributed by atoms with van der Waals surface area (Å²) in [6.07, 6.45) is 0. The van der Waals surface area contributed by atoms with Crippen molar-refractivity contribution in [2.45, 2.75) is 55.4 Å². The van der Waals surface area contributed by atoms with Gasteiger partial charge in [-0.1, -0.05) is 146 Å². The standard InChI is InChI=1S/C64H53N/c1-38-40(3)44(7)61-59(42(38)5)63(51-31-27-49(28-32-51)48-25-23-47(24-26-48)46-17-11-9-12-18-46)60-43(6)39(2)41(4)45(8)62(60)64(61)52-33-29-50(30-34-52)53-35-36-58-56(37-53)55-21-15-16-22-57(55)65(58)54-19-13-10-14-20-54/h9-37H,1-8H3. The highest BCUT2D eigenvalue weighted by atomic mass is 15.0. The molecule has 0 aliphatic heterocycles. The second-order valence-corrected chi connectivity index (χ2v) is 18.3. The average molecular weight is 836 g/mol. The van der Waals surface area contributed by atoms with Gasteiger partial charge in [-0.3, -0.25) is 0 Å². The van der Waals surface area contributed by atoms with Gasteiger partial charge in [-0.05, 0) is 207 Å². The number of nitrogens with zero attached hydrogens (tertiary/aromatic N) is 1. The van der Waals surface area contributed by atoms with E-state index in [0.717, 1.165) is 0 Å². The van der Waals surface area contributed by atoms with Crippen LogP contribution in [0.15, 0.2) is 176 Å². The van der Waals surface area contributed by atoms with Gasteiger partial charge in [0.05, 0.1) is 11.0 Å². The third-order valence-corrected chi connectivity index (χ3v) is 15.1. The molecule has 0 fully saturated rings. The summed E-state index contributed by atoms with van der Waals surface area (Å²) in [7, 11) is 0. The van der Waals surface area contributed by atoms with E-state index in [0.29, 0.717) is 0 Å². The van der Waals surface area contributed by atoms with Crippen LogP contribution in [0.4, 0.5) is 0 Å². The van der Waals surface area contributed by atoms with E-state index < -0.39 is 0 Å². The fourth-order valence-corrected chi connectivity index (χ4v) is 10.9. The molecular formula is C64H53N. The minimum absolute atomic E-state index is 1.18. The van der Waals surface area contributed by atoms with E-state index in [1.807, 2.05) is 0 Å². The zero-order valence-electron chi connectivity index (χ0n) is 38.7. The van der Waals surface area contributed by atoms with Gasteiger partial charge in [0.15, 0.2) is 0 Å². The highest BCUT2D eigenvalue weighted by Gasteiger charge is 2.26. The molecule has 10 aromatic carbocycles. The van der Waals surface area contributed by atoms with Gasteiger partial charge >= 0.3 is 0 Å². The van der Waals surface area contributed by atoms with E-state index in [1.54, 1.807) is 0 Å². The van der Waals surface area contributed by atoms with Crippen molar-refractivity contribution < 1.29 is 0 Å². The summed E-state index contributed by atoms with van der Waals surface area (Å²) in [5.41, 5.74) is 27.1. The molecular weight excluding hydrogens is 783 g/mol. The number of para-hydroxylation sites is 2. The molecule has 0 saturated carbocycles. The van der Waals surface area contributed by atoms with Crippen LogP contribution in [0.1, 0.15) is 44.5 Å². The molecule has 0 atom stereocenters. The predicted molar refractivity (Wildman–Crippen MR) is 281 cm³/mol. The summed E-state index contributed by atoms with van der Waals surface area (Å²) in [4.78, 5) is 0. The molecule has 0 saturated heterocycles. The van der Waals surface area contributed by atoms with Crippen molar-refractivity contribution in [3.8, 4) is 61.3 Å². The molecule has 1 aromatic heterocycles. The van der Waals surface area contributed by atoms with Crippen LogP contribution in [0.3, 0.4) is 0 Å². The number of aromatic nitrogens is 1. The topological polar surface area (TPSA) is 4.93 Å². The van der Waals surface area contributed by atoms with Crippen LogP contribution in [0.25, 0.3) is 105 Å². The van der Waals surface area contributed by atoms with Gasteiger partial charge in [-0.2, -0.15) is 0 Å². The molecule has 1 heterocycles. The maximum absolute atomic E-state index is 2.39. The van der Waals surface area contributed by atoms with Crippen molar-refractivity contribution in [2.24, 2.45) is 0 Å². The lowest BCUT2D eigenvalue weighted by atomic mass is 9.76. The van der Waals surface area contributed by atoms with Crippen molar-refractivity contribution in [1.82, 2.24) is 4.57 Å². The first-order valence-corrected chi connectivity index (χ1v) is 23.0. The lowest BCUT2D eigenvalue weighted by Gasteiger charge is -2.27. The molecule has 314 valence electrons. The Hall–Kier alpha value is -7.48. The molecule has 0 N–H and O–H groups in total. The van der Waals surface area contributed by atoms with Crippen molar-refractivity contribution in [3.05, 3.63) is 220 Å². The molecule has 1 nitrogen and oxygen atoms in total. The number of hydrogen-bond acceptors (Lipinski definition) is 0. The Kier molecular flexibility index (Phi) is 9.70. The number of hydrogen-bond donors (Lipinski definition) is 0. The number of fused-ring (bicyclic) bond motifs is 5. The third-order valence-electron chi connectivity index (χ3n) is 15.1. The van der Waals surface area contributed by atoms with Crippen LogP contribution >= 0.6 is 0 Å². The first-order valence-electron chi connectivity index (χ1n) is 23.0. The summed E-state index contributed by atoms with van der Waals surface area (Å²) in [6.45, 7) is 18.7. The SMILES string of the molecule is Cc1c(C)c(C)c2c(-c3ccc(-c4ccc5c(c4)c4ccccc4n5-c4ccccc4)cc3)c3c(C)c(C)c(C)c(C)c3c(-c3ccc(-c4ccc(-c5ccccc5)cc4)cc3)c2c1C. The van der Waals surface area contributed by atoms with Gasteiger partial charge in [0, 0.05) is 16.5 Å². The molecule has 0 amide bonds. The Bertz CT molecular complexity index is 3580. The van der Waals surface area contributed by atoms with Crippen LogP contribution in [0, 0.1) is 55.4 Å². The van der Waals surface area contributed by atoms with Crippen LogP contribution in [0.2, 0.25) is 0 Å². The second-order valence-electron chi connectivity index (χ2n) is 18.3. The third kappa shape index (κ3) is 6.36. The van der Waals surface area contributed by atoms with E-state index in [4.69, 9.17) is 0 Å². The summed E-state index contributed by atoms with van der Waals surface area (Å²) >= 11 is 0. The fourth-order valence-electron chi connectivity index (χ4n) is 10.9. The van der Waals surface area contributed by atoms with Crippen molar-refractivity contribution in [3.63, 3.8) is 0 Å². The molecule has 0 unspecified atom stereocenters. The highest BCUT2D eigenvalue weighted by Crippen LogP contribution is 2.51. The molecule has 1 heteroatoms. The van der Waals surface area contributed by atoms with Crippen LogP contribution in [-0.4, -0.2) is 4.57 Å². The molecule has 11 rings (SSSR count). The zero-order chi connectivity index (χ0) is 44.7. The van der Waals surface area contributed by atoms with Crippen LogP contribution in [0.5, 0.6) is 0 Å². The van der Waals surface area contributed by atoms with Gasteiger partial charge < -0.3 is 4.57 Å². The lowest BCUT2D eigenvalue weighted by Crippen LogP contribution is -2.03. The van der Waals surface area contributed by atoms with E-state index in [2.05, 4.69) is 236 Å². The van der Waals surface area contributed by atoms with Gasteiger partial charge in [0.1, 0.15) is 0 Å². The molecule has 0 aliphatic carbocycles. The average Bonchev–Trinajstić information content (AvgIpc) is 3.69. The molecule has 0 bridgehead atoms. The van der Waals surface area contributed by atoms with E-state index in [9.17, 15) is 0 Å². The number of benzene rings is 10. The Labute approximate surface area is 383 Å². The van der Waals surface area contributed by atoms with E-state index in [-0.39, 0.29) is 0 Å². The normalized spacial score (nSPS) is 11.7. The smallest absolute Gasteiger partial charge is 0.0541 e. The summed E-state index contributed by atoms with van der Waals surface area (Å²) in [6, 6.07) is 64.9. The van der Waals surface area contributed by atoms with Gasteiger partial charge in [-0.15, -0.1) is 0 Å². The Morgan fingerprint density at radius 1 is 0.246 bits per heavy atom. The first kappa shape index (κ1) is 40.3. The molecule has 11 aromatic rings. The van der Waals surface area contributed by atoms with Crippen LogP contribution in [-0.2, 0) is 0 Å². The van der Waals surface area contributed by atoms with Gasteiger partial charge in [-0.25, -0.2) is 0 Å². The molecule has 0 aliphatic rings.